The molecule has 0 saturated carbocycles. The highest BCUT2D eigenvalue weighted by Gasteiger charge is 2.02. The Bertz CT molecular complexity index is 452. The summed E-state index contributed by atoms with van der Waals surface area (Å²) in [4.78, 5) is 4.07. The van der Waals surface area contributed by atoms with Crippen molar-refractivity contribution >= 4 is 45.9 Å². The SMILES string of the molecule is C=CCNC(=NC)NCCCc1ccc(Br)cc1F.I. The molecular weight excluding hydrogens is 436 g/mol. The Hall–Kier alpha value is -0.630. The van der Waals surface area contributed by atoms with Crippen LogP contribution in [-0.4, -0.2) is 26.1 Å². The minimum Gasteiger partial charge on any atom is -0.356 e. The topological polar surface area (TPSA) is 36.4 Å². The lowest BCUT2D eigenvalue weighted by atomic mass is 10.1. The molecule has 0 bridgehead atoms. The first-order valence-electron chi connectivity index (χ1n) is 6.16. The molecule has 0 saturated heterocycles. The number of rotatable bonds is 6. The minimum atomic E-state index is -0.163. The molecule has 1 aromatic carbocycles. The Morgan fingerprint density at radius 2 is 2.20 bits per heavy atom. The molecule has 0 aliphatic rings. The van der Waals surface area contributed by atoms with Gasteiger partial charge in [0.2, 0.25) is 0 Å². The molecule has 0 radical (unpaired) electrons. The number of halogens is 3. The van der Waals surface area contributed by atoms with Crippen LogP contribution in [0.1, 0.15) is 12.0 Å². The fraction of sp³-hybridized carbons (Fsp3) is 0.357. The number of benzene rings is 1. The molecule has 0 aromatic heterocycles. The molecule has 20 heavy (non-hydrogen) atoms. The summed E-state index contributed by atoms with van der Waals surface area (Å²) in [6.45, 7) is 5.04. The zero-order chi connectivity index (χ0) is 14.1. The van der Waals surface area contributed by atoms with E-state index in [4.69, 9.17) is 0 Å². The van der Waals surface area contributed by atoms with E-state index in [1.165, 1.54) is 6.07 Å². The summed E-state index contributed by atoms with van der Waals surface area (Å²) in [6.07, 6.45) is 3.31. The summed E-state index contributed by atoms with van der Waals surface area (Å²) in [5.74, 6) is 0.569. The van der Waals surface area contributed by atoms with Gasteiger partial charge in [0.05, 0.1) is 0 Å². The monoisotopic (exact) mass is 455 g/mol. The molecule has 2 N–H and O–H groups in total. The predicted octanol–water partition coefficient (Wildman–Crippen LogP) is 3.49. The average molecular weight is 456 g/mol. The zero-order valence-corrected chi connectivity index (χ0v) is 15.4. The summed E-state index contributed by atoms with van der Waals surface area (Å²) < 4.78 is 14.3. The third-order valence-electron chi connectivity index (χ3n) is 2.57. The Morgan fingerprint density at radius 3 is 2.80 bits per heavy atom. The van der Waals surface area contributed by atoms with Gasteiger partial charge in [0.1, 0.15) is 5.82 Å². The lowest BCUT2D eigenvalue weighted by molar-refractivity contribution is 0.602. The maximum Gasteiger partial charge on any atom is 0.191 e. The van der Waals surface area contributed by atoms with Crippen LogP contribution >= 0.6 is 39.9 Å². The summed E-state index contributed by atoms with van der Waals surface area (Å²) in [5.41, 5.74) is 0.735. The minimum absolute atomic E-state index is 0. The van der Waals surface area contributed by atoms with E-state index in [-0.39, 0.29) is 29.8 Å². The summed E-state index contributed by atoms with van der Waals surface area (Å²) in [6, 6.07) is 5.16. The van der Waals surface area contributed by atoms with Crippen molar-refractivity contribution in [2.75, 3.05) is 20.1 Å². The van der Waals surface area contributed by atoms with Crippen molar-refractivity contribution in [1.29, 1.82) is 0 Å². The van der Waals surface area contributed by atoms with Gasteiger partial charge in [0, 0.05) is 24.6 Å². The molecule has 0 amide bonds. The van der Waals surface area contributed by atoms with E-state index in [0.29, 0.717) is 13.0 Å². The molecule has 0 unspecified atom stereocenters. The fourth-order valence-electron chi connectivity index (χ4n) is 1.60. The number of nitrogens with zero attached hydrogens (tertiary/aromatic N) is 1. The van der Waals surface area contributed by atoms with Crippen molar-refractivity contribution in [2.45, 2.75) is 12.8 Å². The highest BCUT2D eigenvalue weighted by atomic mass is 127. The summed E-state index contributed by atoms with van der Waals surface area (Å²) in [7, 11) is 1.72. The molecular formula is C14H20BrFIN3. The predicted molar refractivity (Wildman–Crippen MR) is 97.4 cm³/mol. The molecule has 3 nitrogen and oxygen atoms in total. The van der Waals surface area contributed by atoms with Crippen molar-refractivity contribution in [3.05, 3.63) is 46.7 Å². The maximum atomic E-state index is 13.6. The zero-order valence-electron chi connectivity index (χ0n) is 11.5. The van der Waals surface area contributed by atoms with Gasteiger partial charge in [-0.2, -0.15) is 0 Å². The van der Waals surface area contributed by atoms with E-state index in [1.54, 1.807) is 13.1 Å². The molecule has 112 valence electrons. The quantitative estimate of drug-likeness (QED) is 0.226. The molecule has 0 aliphatic carbocycles. The number of nitrogens with one attached hydrogen (secondary N) is 2. The fourth-order valence-corrected chi connectivity index (χ4v) is 1.93. The molecule has 6 heteroatoms. The van der Waals surface area contributed by atoms with E-state index in [0.717, 1.165) is 29.0 Å². The van der Waals surface area contributed by atoms with Crippen LogP contribution in [0.4, 0.5) is 4.39 Å². The Morgan fingerprint density at radius 1 is 1.45 bits per heavy atom. The van der Waals surface area contributed by atoms with Crippen LogP contribution in [0.2, 0.25) is 0 Å². The number of guanidine groups is 1. The molecule has 0 heterocycles. The first kappa shape index (κ1) is 19.4. The van der Waals surface area contributed by atoms with E-state index >= 15 is 0 Å². The third-order valence-corrected chi connectivity index (χ3v) is 3.06. The van der Waals surface area contributed by atoms with Gasteiger partial charge < -0.3 is 10.6 Å². The van der Waals surface area contributed by atoms with Gasteiger partial charge in [0.15, 0.2) is 5.96 Å². The van der Waals surface area contributed by atoms with Crippen LogP contribution < -0.4 is 10.6 Å². The van der Waals surface area contributed by atoms with Crippen molar-refractivity contribution in [3.8, 4) is 0 Å². The molecule has 0 spiro atoms. The van der Waals surface area contributed by atoms with Crippen LogP contribution in [0.5, 0.6) is 0 Å². The third kappa shape index (κ3) is 7.23. The van der Waals surface area contributed by atoms with E-state index in [2.05, 4.69) is 38.1 Å². The second-order valence-corrected chi connectivity index (χ2v) is 4.92. The molecule has 0 atom stereocenters. The average Bonchev–Trinajstić information content (AvgIpc) is 2.40. The van der Waals surface area contributed by atoms with Crippen LogP contribution in [0.25, 0.3) is 0 Å². The maximum absolute atomic E-state index is 13.6. The lowest BCUT2D eigenvalue weighted by Crippen LogP contribution is -2.37. The van der Waals surface area contributed by atoms with Gasteiger partial charge in [-0.15, -0.1) is 30.6 Å². The standard InChI is InChI=1S/C14H19BrFN3.HI/c1-3-8-18-14(17-2)19-9-4-5-11-6-7-12(15)10-13(11)16;/h3,6-7,10H,1,4-5,8-9H2,2H3,(H2,17,18,19);1H. The van der Waals surface area contributed by atoms with Crippen LogP contribution in [0.15, 0.2) is 40.3 Å². The number of hydrogen-bond donors (Lipinski definition) is 2. The van der Waals surface area contributed by atoms with Crippen molar-refractivity contribution in [2.24, 2.45) is 4.99 Å². The highest BCUT2D eigenvalue weighted by Crippen LogP contribution is 2.16. The normalized spacial score (nSPS) is 10.7. The van der Waals surface area contributed by atoms with Gasteiger partial charge in [-0.05, 0) is 30.5 Å². The van der Waals surface area contributed by atoms with Gasteiger partial charge in [-0.1, -0.05) is 28.1 Å². The van der Waals surface area contributed by atoms with Gasteiger partial charge in [0.25, 0.3) is 0 Å². The van der Waals surface area contributed by atoms with Gasteiger partial charge in [-0.3, -0.25) is 4.99 Å². The molecule has 0 aliphatic heterocycles. The summed E-state index contributed by atoms with van der Waals surface area (Å²) in [5, 5.41) is 6.24. The summed E-state index contributed by atoms with van der Waals surface area (Å²) >= 11 is 3.25. The van der Waals surface area contributed by atoms with Crippen LogP contribution in [0.3, 0.4) is 0 Å². The Kier molecular flexibility index (Phi) is 10.7. The van der Waals surface area contributed by atoms with Crippen LogP contribution in [0, 0.1) is 5.82 Å². The second kappa shape index (κ2) is 11.1. The van der Waals surface area contributed by atoms with Crippen LogP contribution in [-0.2, 0) is 6.42 Å². The van der Waals surface area contributed by atoms with E-state index in [9.17, 15) is 4.39 Å². The van der Waals surface area contributed by atoms with Gasteiger partial charge in [-0.25, -0.2) is 4.39 Å². The van der Waals surface area contributed by atoms with E-state index < -0.39 is 0 Å². The largest absolute Gasteiger partial charge is 0.356 e. The first-order chi connectivity index (χ1) is 9.17. The van der Waals surface area contributed by atoms with Crippen molar-refractivity contribution in [3.63, 3.8) is 0 Å². The number of hydrogen-bond acceptors (Lipinski definition) is 1. The Labute approximate surface area is 145 Å². The smallest absolute Gasteiger partial charge is 0.191 e. The number of aliphatic imine (C=N–C) groups is 1. The van der Waals surface area contributed by atoms with Crippen molar-refractivity contribution in [1.82, 2.24) is 10.6 Å². The highest BCUT2D eigenvalue weighted by molar-refractivity contribution is 14.0. The molecule has 0 fully saturated rings. The molecule has 1 aromatic rings. The van der Waals surface area contributed by atoms with Crippen molar-refractivity contribution < 1.29 is 4.39 Å². The van der Waals surface area contributed by atoms with E-state index in [1.807, 2.05) is 12.1 Å². The Balaban J connectivity index is 0.00000361. The second-order valence-electron chi connectivity index (χ2n) is 4.01. The van der Waals surface area contributed by atoms with Gasteiger partial charge >= 0.3 is 0 Å². The number of aryl methyl sites for hydroxylation is 1. The molecule has 1 rings (SSSR count). The first-order valence-corrected chi connectivity index (χ1v) is 6.96. The lowest BCUT2D eigenvalue weighted by Gasteiger charge is -2.10.